The van der Waals surface area contributed by atoms with Gasteiger partial charge in [0.05, 0.1) is 12.2 Å². The molecule has 0 unspecified atom stereocenters. The third-order valence-electron chi connectivity index (χ3n) is 3.24. The first-order chi connectivity index (χ1) is 9.83. The van der Waals surface area contributed by atoms with E-state index < -0.39 is 0 Å². The number of benzene rings is 1. The number of nitrogens with one attached hydrogen (secondary N) is 1. The predicted molar refractivity (Wildman–Crippen MR) is 80.2 cm³/mol. The van der Waals surface area contributed by atoms with Gasteiger partial charge in [0.15, 0.2) is 0 Å². The third-order valence-corrected chi connectivity index (χ3v) is 3.24. The molecule has 2 aromatic heterocycles. The van der Waals surface area contributed by atoms with Crippen LogP contribution in [0.5, 0.6) is 0 Å². The maximum Gasteiger partial charge on any atom is 0.126 e. The standard InChI is InChI=1S/C16H16N4/c1-20-15(9-10-19-20)12-18-16-8-7-14(11-17-16)13-5-3-2-4-6-13/h2-11H,12H2,1H3,(H,17,18). The zero-order chi connectivity index (χ0) is 13.8. The topological polar surface area (TPSA) is 42.7 Å². The maximum atomic E-state index is 4.44. The van der Waals surface area contributed by atoms with Crippen molar-refractivity contribution in [2.24, 2.45) is 7.05 Å². The van der Waals surface area contributed by atoms with Crippen LogP contribution in [0.2, 0.25) is 0 Å². The summed E-state index contributed by atoms with van der Waals surface area (Å²) >= 11 is 0. The highest BCUT2D eigenvalue weighted by atomic mass is 15.3. The average molecular weight is 264 g/mol. The fourth-order valence-electron chi connectivity index (χ4n) is 2.06. The normalized spacial score (nSPS) is 10.4. The van der Waals surface area contributed by atoms with Gasteiger partial charge in [0.25, 0.3) is 0 Å². The molecule has 0 bridgehead atoms. The SMILES string of the molecule is Cn1nccc1CNc1ccc(-c2ccccc2)cn1. The number of aryl methyl sites for hydroxylation is 1. The Morgan fingerprint density at radius 1 is 1.00 bits per heavy atom. The molecule has 3 aromatic rings. The molecule has 0 aliphatic heterocycles. The smallest absolute Gasteiger partial charge is 0.126 e. The van der Waals surface area contributed by atoms with Crippen LogP contribution in [0, 0.1) is 0 Å². The van der Waals surface area contributed by atoms with Crippen LogP contribution in [0.3, 0.4) is 0 Å². The monoisotopic (exact) mass is 264 g/mol. The van der Waals surface area contributed by atoms with Gasteiger partial charge < -0.3 is 5.32 Å². The van der Waals surface area contributed by atoms with Gasteiger partial charge in [0.1, 0.15) is 5.82 Å². The molecule has 4 heteroatoms. The van der Waals surface area contributed by atoms with Crippen molar-refractivity contribution in [3.8, 4) is 11.1 Å². The number of rotatable bonds is 4. The molecule has 0 atom stereocenters. The van der Waals surface area contributed by atoms with E-state index >= 15 is 0 Å². The van der Waals surface area contributed by atoms with Crippen molar-refractivity contribution in [2.45, 2.75) is 6.54 Å². The van der Waals surface area contributed by atoms with Crippen LogP contribution < -0.4 is 5.32 Å². The number of nitrogens with zero attached hydrogens (tertiary/aromatic N) is 3. The van der Waals surface area contributed by atoms with Crippen LogP contribution in [0.4, 0.5) is 5.82 Å². The van der Waals surface area contributed by atoms with Crippen LogP contribution in [-0.4, -0.2) is 14.8 Å². The Bertz CT molecular complexity index is 671. The number of hydrogen-bond acceptors (Lipinski definition) is 3. The van der Waals surface area contributed by atoms with Crippen LogP contribution in [0.25, 0.3) is 11.1 Å². The average Bonchev–Trinajstić information content (AvgIpc) is 2.92. The van der Waals surface area contributed by atoms with Gasteiger partial charge in [0.2, 0.25) is 0 Å². The van der Waals surface area contributed by atoms with Crippen molar-refractivity contribution < 1.29 is 0 Å². The Morgan fingerprint density at radius 3 is 2.50 bits per heavy atom. The fraction of sp³-hybridized carbons (Fsp3) is 0.125. The lowest BCUT2D eigenvalue weighted by molar-refractivity contribution is 0.720. The summed E-state index contributed by atoms with van der Waals surface area (Å²) in [4.78, 5) is 4.44. The van der Waals surface area contributed by atoms with Crippen molar-refractivity contribution in [3.63, 3.8) is 0 Å². The minimum Gasteiger partial charge on any atom is -0.364 e. The first-order valence-corrected chi connectivity index (χ1v) is 6.55. The second kappa shape index (κ2) is 5.57. The molecule has 0 fully saturated rings. The van der Waals surface area contributed by atoms with Gasteiger partial charge in [-0.3, -0.25) is 4.68 Å². The molecule has 0 amide bonds. The number of hydrogen-bond donors (Lipinski definition) is 1. The Kier molecular flexibility index (Phi) is 3.46. The zero-order valence-corrected chi connectivity index (χ0v) is 11.3. The van der Waals surface area contributed by atoms with Crippen molar-refractivity contribution in [3.05, 3.63) is 66.6 Å². The van der Waals surface area contributed by atoms with Crippen molar-refractivity contribution in [1.82, 2.24) is 14.8 Å². The van der Waals surface area contributed by atoms with Crippen molar-refractivity contribution >= 4 is 5.82 Å². The molecule has 0 aliphatic carbocycles. The summed E-state index contributed by atoms with van der Waals surface area (Å²) in [5.74, 6) is 0.867. The Balaban J connectivity index is 1.69. The Labute approximate surface area is 118 Å². The predicted octanol–water partition coefficient (Wildman–Crippen LogP) is 3.09. The molecule has 3 rings (SSSR count). The van der Waals surface area contributed by atoms with E-state index in [1.165, 1.54) is 5.56 Å². The molecule has 0 radical (unpaired) electrons. The molecular weight excluding hydrogens is 248 g/mol. The lowest BCUT2D eigenvalue weighted by Crippen LogP contribution is -2.06. The van der Waals surface area contributed by atoms with Crippen molar-refractivity contribution in [1.29, 1.82) is 0 Å². The molecule has 20 heavy (non-hydrogen) atoms. The second-order valence-electron chi connectivity index (χ2n) is 4.60. The maximum absolute atomic E-state index is 4.44. The van der Waals surface area contributed by atoms with Gasteiger partial charge in [-0.2, -0.15) is 5.10 Å². The Morgan fingerprint density at radius 2 is 1.85 bits per heavy atom. The van der Waals surface area contributed by atoms with Gasteiger partial charge in [-0.05, 0) is 23.8 Å². The minimum absolute atomic E-state index is 0.716. The molecule has 4 nitrogen and oxygen atoms in total. The van der Waals surface area contributed by atoms with Crippen LogP contribution in [-0.2, 0) is 13.6 Å². The van der Waals surface area contributed by atoms with Gasteiger partial charge in [0, 0.05) is 25.0 Å². The molecule has 0 aliphatic rings. The van der Waals surface area contributed by atoms with E-state index in [2.05, 4.69) is 33.6 Å². The minimum atomic E-state index is 0.716. The summed E-state index contributed by atoms with van der Waals surface area (Å²) in [5.41, 5.74) is 3.42. The summed E-state index contributed by atoms with van der Waals surface area (Å²) < 4.78 is 1.85. The molecule has 0 saturated carbocycles. The van der Waals surface area contributed by atoms with E-state index in [0.29, 0.717) is 6.54 Å². The van der Waals surface area contributed by atoms with Crippen molar-refractivity contribution in [2.75, 3.05) is 5.32 Å². The highest BCUT2D eigenvalue weighted by molar-refractivity contribution is 5.63. The summed E-state index contributed by atoms with van der Waals surface area (Å²) in [7, 11) is 1.93. The lowest BCUT2D eigenvalue weighted by atomic mass is 10.1. The van der Waals surface area contributed by atoms with Gasteiger partial charge >= 0.3 is 0 Å². The van der Waals surface area contributed by atoms with Gasteiger partial charge in [-0.1, -0.05) is 30.3 Å². The zero-order valence-electron chi connectivity index (χ0n) is 11.3. The summed E-state index contributed by atoms with van der Waals surface area (Å²) in [5, 5.41) is 7.43. The van der Waals surface area contributed by atoms with Crippen LogP contribution in [0.1, 0.15) is 5.69 Å². The molecule has 1 N–H and O–H groups in total. The second-order valence-corrected chi connectivity index (χ2v) is 4.60. The Hall–Kier alpha value is -2.62. The van der Waals surface area contributed by atoms with Crippen LogP contribution in [0.15, 0.2) is 60.9 Å². The highest BCUT2D eigenvalue weighted by Crippen LogP contribution is 2.19. The van der Waals surface area contributed by atoms with Gasteiger partial charge in [-0.15, -0.1) is 0 Å². The summed E-state index contributed by atoms with van der Waals surface area (Å²) in [6.45, 7) is 0.716. The van der Waals surface area contributed by atoms with E-state index in [1.807, 2.05) is 48.3 Å². The van der Waals surface area contributed by atoms with E-state index in [0.717, 1.165) is 17.1 Å². The highest BCUT2D eigenvalue weighted by Gasteiger charge is 2.00. The molecular formula is C16H16N4. The third kappa shape index (κ3) is 2.69. The largest absolute Gasteiger partial charge is 0.364 e. The molecule has 1 aromatic carbocycles. The fourth-order valence-corrected chi connectivity index (χ4v) is 2.06. The summed E-state index contributed by atoms with van der Waals surface area (Å²) in [6, 6.07) is 16.3. The first-order valence-electron chi connectivity index (χ1n) is 6.55. The number of pyridine rings is 1. The molecule has 0 saturated heterocycles. The van der Waals surface area contributed by atoms with Crippen LogP contribution >= 0.6 is 0 Å². The van der Waals surface area contributed by atoms with E-state index in [1.54, 1.807) is 6.20 Å². The van der Waals surface area contributed by atoms with E-state index in [9.17, 15) is 0 Å². The van der Waals surface area contributed by atoms with E-state index in [4.69, 9.17) is 0 Å². The van der Waals surface area contributed by atoms with E-state index in [-0.39, 0.29) is 0 Å². The lowest BCUT2D eigenvalue weighted by Gasteiger charge is -2.07. The first kappa shape index (κ1) is 12.4. The molecule has 100 valence electrons. The van der Waals surface area contributed by atoms with Gasteiger partial charge in [-0.25, -0.2) is 4.98 Å². The number of aromatic nitrogens is 3. The summed E-state index contributed by atoms with van der Waals surface area (Å²) in [6.07, 6.45) is 3.68. The molecule has 2 heterocycles. The number of anilines is 1. The quantitative estimate of drug-likeness (QED) is 0.787. The molecule has 0 spiro atoms.